The summed E-state index contributed by atoms with van der Waals surface area (Å²) in [5, 5.41) is 0. The normalized spacial score (nSPS) is 13.5. The Bertz CT molecular complexity index is 468. The summed E-state index contributed by atoms with van der Waals surface area (Å²) in [5.41, 5.74) is 0.867. The minimum atomic E-state index is -3.68. The molecule has 16 heavy (non-hydrogen) atoms. The highest BCUT2D eigenvalue weighted by Gasteiger charge is 2.16. The molecule has 3 nitrogen and oxygen atoms in total. The van der Waals surface area contributed by atoms with E-state index in [0.29, 0.717) is 5.75 Å². The Hall–Kier alpha value is -0.740. The Balaban J connectivity index is 3.32. The molecule has 0 aliphatic rings. The molecule has 0 heterocycles. The third kappa shape index (κ3) is 2.89. The van der Waals surface area contributed by atoms with Crippen molar-refractivity contribution in [3.8, 4) is 5.75 Å². The predicted octanol–water partition coefficient (Wildman–Crippen LogP) is 3.14. The van der Waals surface area contributed by atoms with Gasteiger partial charge >= 0.3 is 0 Å². The van der Waals surface area contributed by atoms with Crippen LogP contribution in [0.25, 0.3) is 0 Å². The number of rotatable bonds is 4. The Labute approximate surface area is 101 Å². The minimum absolute atomic E-state index is 0.116. The molecule has 1 atom stereocenters. The number of benzene rings is 1. The highest BCUT2D eigenvalue weighted by atomic mass is 35.7. The lowest BCUT2D eigenvalue weighted by Gasteiger charge is -2.14. The second kappa shape index (κ2) is 5.06. The van der Waals surface area contributed by atoms with Crippen LogP contribution in [0.2, 0.25) is 0 Å². The van der Waals surface area contributed by atoms with E-state index in [4.69, 9.17) is 15.4 Å². The first kappa shape index (κ1) is 13.3. The molecule has 1 rings (SSSR count). The van der Waals surface area contributed by atoms with Crippen molar-refractivity contribution in [1.82, 2.24) is 0 Å². The molecule has 0 N–H and O–H groups in total. The maximum Gasteiger partial charge on any atom is 0.261 e. The van der Waals surface area contributed by atoms with Crippen molar-refractivity contribution >= 4 is 19.7 Å². The molecule has 1 unspecified atom stereocenters. The highest BCUT2D eigenvalue weighted by Crippen LogP contribution is 2.31. The maximum atomic E-state index is 11.2. The number of methoxy groups -OCH3 is 1. The molecule has 0 saturated heterocycles. The summed E-state index contributed by atoms with van der Waals surface area (Å²) in [5.74, 6) is 0.923. The van der Waals surface area contributed by atoms with E-state index in [9.17, 15) is 8.42 Å². The first-order valence-corrected chi connectivity index (χ1v) is 7.33. The van der Waals surface area contributed by atoms with Gasteiger partial charge in [0.15, 0.2) is 0 Å². The van der Waals surface area contributed by atoms with Gasteiger partial charge in [-0.2, -0.15) is 0 Å². The van der Waals surface area contributed by atoms with Crippen LogP contribution in [0.3, 0.4) is 0 Å². The van der Waals surface area contributed by atoms with Gasteiger partial charge in [-0.15, -0.1) is 0 Å². The summed E-state index contributed by atoms with van der Waals surface area (Å²) in [6.45, 7) is 4.05. The van der Waals surface area contributed by atoms with Gasteiger partial charge in [0.1, 0.15) is 5.75 Å². The molecule has 0 spiro atoms. The molecule has 0 fully saturated rings. The highest BCUT2D eigenvalue weighted by molar-refractivity contribution is 8.13. The van der Waals surface area contributed by atoms with Crippen LogP contribution in [0.1, 0.15) is 31.7 Å². The first-order chi connectivity index (χ1) is 7.40. The zero-order valence-corrected chi connectivity index (χ0v) is 11.1. The minimum Gasteiger partial charge on any atom is -0.496 e. The quantitative estimate of drug-likeness (QED) is 0.783. The van der Waals surface area contributed by atoms with E-state index >= 15 is 0 Å². The van der Waals surface area contributed by atoms with Gasteiger partial charge in [-0.1, -0.05) is 13.8 Å². The lowest BCUT2D eigenvalue weighted by atomic mass is 9.98. The van der Waals surface area contributed by atoms with E-state index in [1.54, 1.807) is 19.2 Å². The Morgan fingerprint density at radius 1 is 1.44 bits per heavy atom. The van der Waals surface area contributed by atoms with E-state index in [0.717, 1.165) is 12.0 Å². The zero-order valence-electron chi connectivity index (χ0n) is 9.53. The fraction of sp³-hybridized carbons (Fsp3) is 0.455. The third-order valence-electron chi connectivity index (χ3n) is 2.63. The molecule has 0 aromatic heterocycles. The molecule has 0 aliphatic heterocycles. The van der Waals surface area contributed by atoms with Crippen molar-refractivity contribution < 1.29 is 13.2 Å². The molecule has 0 bridgehead atoms. The van der Waals surface area contributed by atoms with E-state index in [1.807, 2.05) is 13.8 Å². The topological polar surface area (TPSA) is 43.4 Å². The fourth-order valence-electron chi connectivity index (χ4n) is 1.47. The number of ether oxygens (including phenoxy) is 1. The van der Waals surface area contributed by atoms with Crippen LogP contribution in [0.15, 0.2) is 23.1 Å². The van der Waals surface area contributed by atoms with Crippen molar-refractivity contribution in [1.29, 1.82) is 0 Å². The van der Waals surface area contributed by atoms with Crippen molar-refractivity contribution in [3.05, 3.63) is 23.8 Å². The SMILES string of the molecule is CCC(C)c1cc(S(=O)(=O)Cl)ccc1OC. The van der Waals surface area contributed by atoms with Gasteiger partial charge in [0.2, 0.25) is 0 Å². The molecular formula is C11H15ClO3S. The number of hydrogen-bond acceptors (Lipinski definition) is 3. The van der Waals surface area contributed by atoms with Crippen molar-refractivity contribution in [3.63, 3.8) is 0 Å². The van der Waals surface area contributed by atoms with Gasteiger partial charge in [0.05, 0.1) is 12.0 Å². The van der Waals surface area contributed by atoms with Gasteiger partial charge in [0.25, 0.3) is 9.05 Å². The molecule has 0 saturated carbocycles. The van der Waals surface area contributed by atoms with Crippen LogP contribution in [-0.4, -0.2) is 15.5 Å². The largest absolute Gasteiger partial charge is 0.496 e. The van der Waals surface area contributed by atoms with Crippen LogP contribution in [0.5, 0.6) is 5.75 Å². The summed E-state index contributed by atoms with van der Waals surface area (Å²) < 4.78 is 27.6. The predicted molar refractivity (Wildman–Crippen MR) is 64.7 cm³/mol. The van der Waals surface area contributed by atoms with Crippen molar-refractivity contribution in [2.75, 3.05) is 7.11 Å². The average Bonchev–Trinajstić information content (AvgIpc) is 2.25. The molecule has 5 heteroatoms. The van der Waals surface area contributed by atoms with Crippen LogP contribution in [0, 0.1) is 0 Å². The van der Waals surface area contributed by atoms with Crippen LogP contribution in [0.4, 0.5) is 0 Å². The summed E-state index contributed by atoms with van der Waals surface area (Å²) in [7, 11) is 3.20. The Morgan fingerprint density at radius 3 is 2.50 bits per heavy atom. The first-order valence-electron chi connectivity index (χ1n) is 5.02. The standard InChI is InChI=1S/C11H15ClO3S/c1-4-8(2)10-7-9(16(12,13)14)5-6-11(10)15-3/h5-8H,4H2,1-3H3. The third-order valence-corrected chi connectivity index (χ3v) is 3.98. The van der Waals surface area contributed by atoms with Gasteiger partial charge in [-0.3, -0.25) is 0 Å². The van der Waals surface area contributed by atoms with E-state index < -0.39 is 9.05 Å². The summed E-state index contributed by atoms with van der Waals surface area (Å²) >= 11 is 0. The molecule has 1 aromatic rings. The van der Waals surface area contributed by atoms with E-state index in [1.165, 1.54) is 6.07 Å². The zero-order chi connectivity index (χ0) is 12.3. The average molecular weight is 263 g/mol. The molecule has 1 aromatic carbocycles. The summed E-state index contributed by atoms with van der Waals surface area (Å²) in [4.78, 5) is 0.116. The second-order valence-corrected chi connectivity index (χ2v) is 6.22. The number of hydrogen-bond donors (Lipinski definition) is 0. The van der Waals surface area contributed by atoms with E-state index in [2.05, 4.69) is 0 Å². The second-order valence-electron chi connectivity index (χ2n) is 3.65. The van der Waals surface area contributed by atoms with Crippen LogP contribution in [-0.2, 0) is 9.05 Å². The van der Waals surface area contributed by atoms with E-state index in [-0.39, 0.29) is 10.8 Å². The number of halogens is 1. The molecular weight excluding hydrogens is 248 g/mol. The molecule has 0 amide bonds. The summed E-state index contributed by atoms with van der Waals surface area (Å²) in [6.07, 6.45) is 0.905. The van der Waals surface area contributed by atoms with Crippen LogP contribution < -0.4 is 4.74 Å². The van der Waals surface area contributed by atoms with Gasteiger partial charge < -0.3 is 4.74 Å². The lowest BCUT2D eigenvalue weighted by Crippen LogP contribution is -1.99. The van der Waals surface area contributed by atoms with Crippen LogP contribution >= 0.6 is 10.7 Å². The Kier molecular flexibility index (Phi) is 4.21. The van der Waals surface area contributed by atoms with Gasteiger partial charge in [-0.05, 0) is 36.1 Å². The fourth-order valence-corrected chi connectivity index (χ4v) is 2.26. The summed E-state index contributed by atoms with van der Waals surface area (Å²) in [6, 6.07) is 4.67. The Morgan fingerprint density at radius 2 is 2.06 bits per heavy atom. The van der Waals surface area contributed by atoms with Crippen molar-refractivity contribution in [2.24, 2.45) is 0 Å². The van der Waals surface area contributed by atoms with Gasteiger partial charge in [-0.25, -0.2) is 8.42 Å². The molecule has 0 aliphatic carbocycles. The maximum absolute atomic E-state index is 11.2. The van der Waals surface area contributed by atoms with Crippen molar-refractivity contribution in [2.45, 2.75) is 31.1 Å². The molecule has 0 radical (unpaired) electrons. The van der Waals surface area contributed by atoms with Gasteiger partial charge in [0, 0.05) is 10.7 Å². The molecule has 90 valence electrons. The smallest absolute Gasteiger partial charge is 0.261 e. The lowest BCUT2D eigenvalue weighted by molar-refractivity contribution is 0.405. The monoisotopic (exact) mass is 262 g/mol.